The van der Waals surface area contributed by atoms with E-state index in [1.54, 1.807) is 0 Å². The van der Waals surface area contributed by atoms with Gasteiger partial charge >= 0.3 is 12.6 Å². The van der Waals surface area contributed by atoms with Crippen LogP contribution in [0.1, 0.15) is 5.56 Å². The number of carbonyl (C=O) groups is 1. The third kappa shape index (κ3) is 5.07. The van der Waals surface area contributed by atoms with Crippen LogP contribution in [-0.4, -0.2) is 26.2 Å². The van der Waals surface area contributed by atoms with Gasteiger partial charge in [0.2, 0.25) is 0 Å². The zero-order valence-electron chi connectivity index (χ0n) is 11.1. The van der Waals surface area contributed by atoms with E-state index < -0.39 is 12.6 Å². The van der Waals surface area contributed by atoms with Crippen molar-refractivity contribution in [2.45, 2.75) is 6.61 Å². The smallest absolute Gasteiger partial charge is 0.387 e. The molecule has 0 spiro atoms. The van der Waals surface area contributed by atoms with Crippen molar-refractivity contribution in [2.24, 2.45) is 5.11 Å². The van der Waals surface area contributed by atoms with Gasteiger partial charge in [-0.25, -0.2) is 4.79 Å². The summed E-state index contributed by atoms with van der Waals surface area (Å²) in [6.45, 7) is -3.33. The standard InChI is InChI=1S/C12H9Cl2F2N3O3/c1-21-11(20)7(5-18-19-17)2-6-3-8(13)10(9(14)4-6)22-12(15)16/h2-4,12H,5H2,1H3/b7-2+. The third-order valence-electron chi connectivity index (χ3n) is 2.32. The molecule has 0 N–H and O–H groups in total. The van der Waals surface area contributed by atoms with Crippen LogP contribution in [0.4, 0.5) is 8.78 Å². The van der Waals surface area contributed by atoms with E-state index in [1.165, 1.54) is 18.2 Å². The lowest BCUT2D eigenvalue weighted by molar-refractivity contribution is -0.136. The van der Waals surface area contributed by atoms with E-state index in [-0.39, 0.29) is 27.9 Å². The second-order valence-electron chi connectivity index (χ2n) is 3.74. The number of hydrogen-bond acceptors (Lipinski definition) is 4. The number of alkyl halides is 2. The highest BCUT2D eigenvalue weighted by atomic mass is 35.5. The van der Waals surface area contributed by atoms with E-state index in [4.69, 9.17) is 28.7 Å². The van der Waals surface area contributed by atoms with Crippen molar-refractivity contribution in [1.29, 1.82) is 0 Å². The van der Waals surface area contributed by atoms with Crippen LogP contribution < -0.4 is 4.74 Å². The summed E-state index contributed by atoms with van der Waals surface area (Å²) in [5.41, 5.74) is 8.65. The van der Waals surface area contributed by atoms with Crippen LogP contribution in [0.5, 0.6) is 5.75 Å². The molecule has 10 heteroatoms. The molecule has 1 aromatic carbocycles. The third-order valence-corrected chi connectivity index (χ3v) is 2.88. The van der Waals surface area contributed by atoms with Crippen LogP contribution in [0.2, 0.25) is 10.0 Å². The van der Waals surface area contributed by atoms with E-state index in [0.29, 0.717) is 5.56 Å². The number of ether oxygens (including phenoxy) is 2. The lowest BCUT2D eigenvalue weighted by Gasteiger charge is -2.10. The number of esters is 1. The highest BCUT2D eigenvalue weighted by Gasteiger charge is 2.15. The molecule has 118 valence electrons. The number of benzene rings is 1. The fourth-order valence-corrected chi connectivity index (χ4v) is 2.07. The Kier molecular flexibility index (Phi) is 6.91. The Hall–Kier alpha value is -2.02. The van der Waals surface area contributed by atoms with E-state index in [2.05, 4.69) is 19.5 Å². The van der Waals surface area contributed by atoms with Crippen LogP contribution in [0.3, 0.4) is 0 Å². The highest BCUT2D eigenvalue weighted by Crippen LogP contribution is 2.35. The molecule has 0 saturated heterocycles. The summed E-state index contributed by atoms with van der Waals surface area (Å²) in [5, 5.41) is 2.94. The second-order valence-corrected chi connectivity index (χ2v) is 4.56. The number of hydrogen-bond donors (Lipinski definition) is 0. The molecule has 0 bridgehead atoms. The molecule has 0 aliphatic carbocycles. The fraction of sp³-hybridized carbons (Fsp3) is 0.250. The SMILES string of the molecule is COC(=O)/C(=C/c1cc(Cl)c(OC(F)F)c(Cl)c1)CN=[N+]=[N-]. The van der Waals surface area contributed by atoms with Crippen LogP contribution in [0, 0.1) is 0 Å². The van der Waals surface area contributed by atoms with E-state index in [1.807, 2.05) is 0 Å². The summed E-state index contributed by atoms with van der Waals surface area (Å²) in [4.78, 5) is 14.1. The second kappa shape index (κ2) is 8.43. The molecular formula is C12H9Cl2F2N3O3. The lowest BCUT2D eigenvalue weighted by atomic mass is 10.1. The maximum Gasteiger partial charge on any atom is 0.387 e. The predicted octanol–water partition coefficient (Wildman–Crippen LogP) is 4.46. The molecule has 0 aromatic heterocycles. The van der Waals surface area contributed by atoms with Gasteiger partial charge in [0.05, 0.1) is 23.7 Å². The Balaban J connectivity index is 3.21. The Labute approximate surface area is 133 Å². The van der Waals surface area contributed by atoms with Gasteiger partial charge in [0, 0.05) is 10.5 Å². The molecule has 0 saturated carbocycles. The van der Waals surface area contributed by atoms with Gasteiger partial charge < -0.3 is 9.47 Å². The average molecular weight is 352 g/mol. The maximum absolute atomic E-state index is 12.2. The fourth-order valence-electron chi connectivity index (χ4n) is 1.47. The molecule has 0 fully saturated rings. The summed E-state index contributed by atoms with van der Waals surface area (Å²) in [5.74, 6) is -1.09. The first-order valence-corrected chi connectivity index (χ1v) is 6.38. The molecule has 1 aromatic rings. The van der Waals surface area contributed by atoms with Gasteiger partial charge in [-0.15, -0.1) is 0 Å². The number of halogens is 4. The first-order valence-electron chi connectivity index (χ1n) is 5.62. The normalized spacial score (nSPS) is 11.1. The number of rotatable bonds is 6. The van der Waals surface area contributed by atoms with Gasteiger partial charge in [-0.3, -0.25) is 0 Å². The molecule has 0 amide bonds. The van der Waals surface area contributed by atoms with Crippen molar-refractivity contribution < 1.29 is 23.0 Å². The van der Waals surface area contributed by atoms with E-state index in [0.717, 1.165) is 7.11 Å². The molecule has 6 nitrogen and oxygen atoms in total. The summed E-state index contributed by atoms with van der Waals surface area (Å²) in [6, 6.07) is 2.54. The predicted molar refractivity (Wildman–Crippen MR) is 77.1 cm³/mol. The number of carbonyl (C=O) groups excluding carboxylic acids is 1. The number of azide groups is 1. The van der Waals surface area contributed by atoms with Gasteiger partial charge in [-0.1, -0.05) is 28.3 Å². The van der Waals surface area contributed by atoms with Gasteiger partial charge in [-0.05, 0) is 29.3 Å². The molecule has 0 atom stereocenters. The lowest BCUT2D eigenvalue weighted by Crippen LogP contribution is -2.07. The Morgan fingerprint density at radius 1 is 1.45 bits per heavy atom. The topological polar surface area (TPSA) is 84.3 Å². The van der Waals surface area contributed by atoms with Crippen LogP contribution >= 0.6 is 23.2 Å². The quantitative estimate of drug-likeness (QED) is 0.249. The zero-order chi connectivity index (χ0) is 16.7. The van der Waals surface area contributed by atoms with Crippen molar-refractivity contribution in [3.8, 4) is 5.75 Å². The van der Waals surface area contributed by atoms with Crippen molar-refractivity contribution in [1.82, 2.24) is 0 Å². The summed E-state index contributed by atoms with van der Waals surface area (Å²) < 4.78 is 33.2. The van der Waals surface area contributed by atoms with Gasteiger partial charge in [0.1, 0.15) is 0 Å². The highest BCUT2D eigenvalue weighted by molar-refractivity contribution is 6.37. The van der Waals surface area contributed by atoms with Crippen LogP contribution in [0.15, 0.2) is 22.8 Å². The van der Waals surface area contributed by atoms with Crippen molar-refractivity contribution in [3.63, 3.8) is 0 Å². The minimum absolute atomic E-state index is 0.0370. The maximum atomic E-state index is 12.2. The summed E-state index contributed by atoms with van der Waals surface area (Å²) >= 11 is 11.6. The number of methoxy groups -OCH3 is 1. The minimum Gasteiger partial charge on any atom is -0.466 e. The van der Waals surface area contributed by atoms with E-state index in [9.17, 15) is 13.6 Å². The molecular weight excluding hydrogens is 343 g/mol. The molecule has 22 heavy (non-hydrogen) atoms. The first-order chi connectivity index (χ1) is 10.4. The Morgan fingerprint density at radius 3 is 2.50 bits per heavy atom. The van der Waals surface area contributed by atoms with Crippen molar-refractivity contribution >= 4 is 35.2 Å². The largest absolute Gasteiger partial charge is 0.466 e. The van der Waals surface area contributed by atoms with Gasteiger partial charge in [0.15, 0.2) is 5.75 Å². The Bertz CT molecular complexity index is 623. The molecule has 0 heterocycles. The Morgan fingerprint density at radius 2 is 2.05 bits per heavy atom. The zero-order valence-corrected chi connectivity index (χ0v) is 12.6. The molecule has 0 unspecified atom stereocenters. The van der Waals surface area contributed by atoms with Gasteiger partial charge in [0.25, 0.3) is 0 Å². The van der Waals surface area contributed by atoms with Crippen molar-refractivity contribution in [3.05, 3.63) is 43.8 Å². The van der Waals surface area contributed by atoms with E-state index >= 15 is 0 Å². The molecule has 1 rings (SSSR count). The van der Waals surface area contributed by atoms with Crippen LogP contribution in [-0.2, 0) is 9.53 Å². The van der Waals surface area contributed by atoms with Gasteiger partial charge in [-0.2, -0.15) is 8.78 Å². The molecule has 0 aliphatic rings. The average Bonchev–Trinajstić information content (AvgIpc) is 2.46. The first kappa shape index (κ1) is 18.0. The summed E-state index contributed by atoms with van der Waals surface area (Å²) in [7, 11) is 1.16. The molecule has 0 aliphatic heterocycles. The summed E-state index contributed by atoms with van der Waals surface area (Å²) in [6.07, 6.45) is 1.31. The monoisotopic (exact) mass is 351 g/mol. The van der Waals surface area contributed by atoms with Crippen LogP contribution in [0.25, 0.3) is 16.5 Å². The van der Waals surface area contributed by atoms with Crippen molar-refractivity contribution in [2.75, 3.05) is 13.7 Å². The minimum atomic E-state index is -3.08. The number of nitrogens with zero attached hydrogens (tertiary/aromatic N) is 3. The molecule has 0 radical (unpaired) electrons.